The summed E-state index contributed by atoms with van der Waals surface area (Å²) in [6, 6.07) is -1.26. The summed E-state index contributed by atoms with van der Waals surface area (Å²) in [5, 5.41) is 0. The molecule has 0 unspecified atom stereocenters. The third-order valence-corrected chi connectivity index (χ3v) is 2.46. The van der Waals surface area contributed by atoms with Crippen molar-refractivity contribution in [1.29, 1.82) is 0 Å². The van der Waals surface area contributed by atoms with Crippen molar-refractivity contribution in [2.75, 3.05) is 13.2 Å². The van der Waals surface area contributed by atoms with E-state index in [-0.39, 0.29) is 19.1 Å². The van der Waals surface area contributed by atoms with Crippen LogP contribution in [0.3, 0.4) is 0 Å². The highest BCUT2D eigenvalue weighted by Gasteiger charge is 2.19. The Morgan fingerprint density at radius 2 is 1.56 bits per heavy atom. The SMILES string of the molecule is CCC[C@H](N)C(=O)OCCOC(=O)[C@@H](N)C(C)C. The zero-order chi connectivity index (χ0) is 14.1. The molecule has 2 atom stereocenters. The summed E-state index contributed by atoms with van der Waals surface area (Å²) in [5.41, 5.74) is 11.1. The van der Waals surface area contributed by atoms with Gasteiger partial charge in [0.25, 0.3) is 0 Å². The Morgan fingerprint density at radius 1 is 1.06 bits per heavy atom. The Labute approximate surface area is 108 Å². The number of nitrogens with two attached hydrogens (primary N) is 2. The van der Waals surface area contributed by atoms with E-state index in [2.05, 4.69) is 0 Å². The number of esters is 2. The van der Waals surface area contributed by atoms with Crippen LogP contribution < -0.4 is 11.5 Å². The molecule has 18 heavy (non-hydrogen) atoms. The van der Waals surface area contributed by atoms with Crippen LogP contribution in [-0.4, -0.2) is 37.2 Å². The predicted molar refractivity (Wildman–Crippen MR) is 67.6 cm³/mol. The molecule has 0 aliphatic carbocycles. The van der Waals surface area contributed by atoms with Crippen LogP contribution in [0.2, 0.25) is 0 Å². The van der Waals surface area contributed by atoms with Gasteiger partial charge in [0, 0.05) is 0 Å². The number of carbonyl (C=O) groups is 2. The van der Waals surface area contributed by atoms with Crippen LogP contribution in [0.4, 0.5) is 0 Å². The second-order valence-corrected chi connectivity index (χ2v) is 4.50. The molecule has 0 radical (unpaired) electrons. The van der Waals surface area contributed by atoms with Gasteiger partial charge in [-0.05, 0) is 12.3 Å². The van der Waals surface area contributed by atoms with E-state index >= 15 is 0 Å². The van der Waals surface area contributed by atoms with Gasteiger partial charge in [-0.3, -0.25) is 9.59 Å². The van der Waals surface area contributed by atoms with Crippen molar-refractivity contribution in [3.8, 4) is 0 Å². The van der Waals surface area contributed by atoms with Gasteiger partial charge in [0.1, 0.15) is 25.3 Å². The highest BCUT2D eigenvalue weighted by Crippen LogP contribution is 2.00. The molecule has 0 saturated carbocycles. The Morgan fingerprint density at radius 3 is 2.00 bits per heavy atom. The van der Waals surface area contributed by atoms with E-state index in [1.54, 1.807) is 0 Å². The van der Waals surface area contributed by atoms with E-state index in [0.29, 0.717) is 6.42 Å². The smallest absolute Gasteiger partial charge is 0.323 e. The zero-order valence-electron chi connectivity index (χ0n) is 11.3. The van der Waals surface area contributed by atoms with Gasteiger partial charge in [0.15, 0.2) is 0 Å². The van der Waals surface area contributed by atoms with Crippen LogP contribution in [-0.2, 0) is 19.1 Å². The van der Waals surface area contributed by atoms with Gasteiger partial charge in [0.2, 0.25) is 0 Å². The van der Waals surface area contributed by atoms with Gasteiger partial charge < -0.3 is 20.9 Å². The van der Waals surface area contributed by atoms with Gasteiger partial charge in [-0.2, -0.15) is 0 Å². The Bertz CT molecular complexity index is 269. The first-order valence-corrected chi connectivity index (χ1v) is 6.24. The number of carbonyl (C=O) groups excluding carboxylic acids is 2. The van der Waals surface area contributed by atoms with Crippen LogP contribution in [0, 0.1) is 5.92 Å². The predicted octanol–water partition coefficient (Wildman–Crippen LogP) is 0.184. The molecule has 6 nitrogen and oxygen atoms in total. The van der Waals surface area contributed by atoms with Crippen molar-refractivity contribution >= 4 is 11.9 Å². The molecule has 0 fully saturated rings. The quantitative estimate of drug-likeness (QED) is 0.476. The van der Waals surface area contributed by atoms with Gasteiger partial charge in [-0.25, -0.2) is 0 Å². The molecule has 0 amide bonds. The Hall–Kier alpha value is -1.14. The third-order valence-electron chi connectivity index (χ3n) is 2.46. The standard InChI is InChI=1S/C12H24N2O4/c1-4-5-9(13)11(15)17-6-7-18-12(16)10(14)8(2)3/h8-10H,4-7,13-14H2,1-3H3/t9-,10-/m0/s1. The Balaban J connectivity index is 3.74. The lowest BCUT2D eigenvalue weighted by Gasteiger charge is -2.15. The summed E-state index contributed by atoms with van der Waals surface area (Å²) < 4.78 is 9.74. The summed E-state index contributed by atoms with van der Waals surface area (Å²) in [6.07, 6.45) is 1.39. The molecule has 0 rings (SSSR count). The summed E-state index contributed by atoms with van der Waals surface area (Å²) >= 11 is 0. The molecule has 0 aromatic carbocycles. The summed E-state index contributed by atoms with van der Waals surface area (Å²) in [4.78, 5) is 22.7. The molecule has 0 aromatic rings. The first-order valence-electron chi connectivity index (χ1n) is 6.24. The van der Waals surface area contributed by atoms with Crippen molar-refractivity contribution in [3.63, 3.8) is 0 Å². The van der Waals surface area contributed by atoms with Crippen LogP contribution in [0.1, 0.15) is 33.6 Å². The monoisotopic (exact) mass is 260 g/mol. The normalized spacial score (nSPS) is 14.1. The highest BCUT2D eigenvalue weighted by molar-refractivity contribution is 5.76. The lowest BCUT2D eigenvalue weighted by Crippen LogP contribution is -2.38. The van der Waals surface area contributed by atoms with E-state index in [1.165, 1.54) is 0 Å². The maximum Gasteiger partial charge on any atom is 0.323 e. The molecule has 0 heterocycles. The van der Waals surface area contributed by atoms with Gasteiger partial charge in [-0.15, -0.1) is 0 Å². The van der Waals surface area contributed by atoms with Gasteiger partial charge in [-0.1, -0.05) is 27.2 Å². The molecule has 106 valence electrons. The Kier molecular flexibility index (Phi) is 8.32. The van der Waals surface area contributed by atoms with Crippen molar-refractivity contribution in [1.82, 2.24) is 0 Å². The molecule has 0 aliphatic heterocycles. The number of ether oxygens (including phenoxy) is 2. The van der Waals surface area contributed by atoms with Crippen LogP contribution in [0.5, 0.6) is 0 Å². The molecule has 0 aromatic heterocycles. The minimum Gasteiger partial charge on any atom is -0.461 e. The van der Waals surface area contributed by atoms with Crippen LogP contribution in [0.15, 0.2) is 0 Å². The molecule has 0 spiro atoms. The van der Waals surface area contributed by atoms with Crippen molar-refractivity contribution in [3.05, 3.63) is 0 Å². The molecule has 0 saturated heterocycles. The number of hydrogen-bond acceptors (Lipinski definition) is 6. The van der Waals surface area contributed by atoms with E-state index in [0.717, 1.165) is 6.42 Å². The van der Waals surface area contributed by atoms with Gasteiger partial charge >= 0.3 is 11.9 Å². The van der Waals surface area contributed by atoms with E-state index < -0.39 is 24.0 Å². The summed E-state index contributed by atoms with van der Waals surface area (Å²) in [5.74, 6) is -0.946. The maximum atomic E-state index is 11.4. The first-order chi connectivity index (χ1) is 8.40. The molecule has 4 N–H and O–H groups in total. The average Bonchev–Trinajstić information content (AvgIpc) is 2.33. The zero-order valence-corrected chi connectivity index (χ0v) is 11.3. The van der Waals surface area contributed by atoms with Crippen molar-refractivity contribution < 1.29 is 19.1 Å². The summed E-state index contributed by atoms with van der Waals surface area (Å²) in [7, 11) is 0. The van der Waals surface area contributed by atoms with E-state index in [4.69, 9.17) is 20.9 Å². The largest absolute Gasteiger partial charge is 0.461 e. The first kappa shape index (κ1) is 16.9. The summed E-state index contributed by atoms with van der Waals surface area (Å²) in [6.45, 7) is 5.60. The number of hydrogen-bond donors (Lipinski definition) is 2. The highest BCUT2D eigenvalue weighted by atomic mass is 16.6. The second kappa shape index (κ2) is 8.88. The molecular weight excluding hydrogens is 236 g/mol. The van der Waals surface area contributed by atoms with Crippen molar-refractivity contribution in [2.24, 2.45) is 17.4 Å². The fourth-order valence-electron chi connectivity index (χ4n) is 1.19. The topological polar surface area (TPSA) is 105 Å². The second-order valence-electron chi connectivity index (χ2n) is 4.50. The molecule has 0 bridgehead atoms. The lowest BCUT2D eigenvalue weighted by molar-refractivity contribution is -0.154. The fourth-order valence-corrected chi connectivity index (χ4v) is 1.19. The van der Waals surface area contributed by atoms with Crippen LogP contribution in [0.25, 0.3) is 0 Å². The number of rotatable bonds is 8. The molecule has 6 heteroatoms. The lowest BCUT2D eigenvalue weighted by atomic mass is 10.1. The van der Waals surface area contributed by atoms with E-state index in [1.807, 2.05) is 20.8 Å². The fraction of sp³-hybridized carbons (Fsp3) is 0.833. The van der Waals surface area contributed by atoms with Crippen molar-refractivity contribution in [2.45, 2.75) is 45.7 Å². The average molecular weight is 260 g/mol. The maximum absolute atomic E-state index is 11.4. The minimum absolute atomic E-state index is 0.00381. The van der Waals surface area contributed by atoms with Crippen LogP contribution >= 0.6 is 0 Å². The van der Waals surface area contributed by atoms with E-state index in [9.17, 15) is 9.59 Å². The minimum atomic E-state index is -0.650. The molecular formula is C12H24N2O4. The van der Waals surface area contributed by atoms with Gasteiger partial charge in [0.05, 0.1) is 0 Å². The molecule has 0 aliphatic rings. The third kappa shape index (κ3) is 6.56.